The number of aromatic nitrogens is 1. The van der Waals surface area contributed by atoms with Gasteiger partial charge in [0.25, 0.3) is 5.91 Å². The molecule has 1 aromatic carbocycles. The van der Waals surface area contributed by atoms with Gasteiger partial charge in [0.2, 0.25) is 0 Å². The van der Waals surface area contributed by atoms with Crippen molar-refractivity contribution in [3.63, 3.8) is 0 Å². The molecule has 0 saturated carbocycles. The molecule has 0 radical (unpaired) electrons. The van der Waals surface area contributed by atoms with Crippen LogP contribution < -0.4 is 10.6 Å². The van der Waals surface area contributed by atoms with Crippen LogP contribution in [-0.4, -0.2) is 24.2 Å². The second-order valence-corrected chi connectivity index (χ2v) is 9.36. The van der Waals surface area contributed by atoms with E-state index in [1.165, 1.54) is 0 Å². The van der Waals surface area contributed by atoms with Gasteiger partial charge in [-0.25, -0.2) is 0 Å². The van der Waals surface area contributed by atoms with E-state index >= 15 is 0 Å². The van der Waals surface area contributed by atoms with E-state index in [2.05, 4.69) is 10.3 Å². The molecule has 2 N–H and O–H groups in total. The summed E-state index contributed by atoms with van der Waals surface area (Å²) in [5.74, 6) is -0.124. The maximum Gasteiger partial charge on any atom is 0.256 e. The van der Waals surface area contributed by atoms with Gasteiger partial charge in [0.15, 0.2) is 0 Å². The molecular weight excluding hydrogens is 295 g/mol. The summed E-state index contributed by atoms with van der Waals surface area (Å²) >= 11 is 0. The van der Waals surface area contributed by atoms with Crippen molar-refractivity contribution in [1.82, 2.24) is 4.98 Å². The highest BCUT2D eigenvalue weighted by molar-refractivity contribution is 7.70. The Bertz CT molecular complexity index is 856. The number of nitrogens with one attached hydrogen (secondary N) is 2. The van der Waals surface area contributed by atoms with Gasteiger partial charge in [0, 0.05) is 27.9 Å². The third-order valence-electron chi connectivity index (χ3n) is 3.89. The molecule has 5 heteroatoms. The summed E-state index contributed by atoms with van der Waals surface area (Å²) in [4.78, 5) is 15.5. The molecule has 0 bridgehead atoms. The maximum absolute atomic E-state index is 12.3. The van der Waals surface area contributed by atoms with Gasteiger partial charge in [-0.15, -0.1) is 0 Å². The number of carbonyl (C=O) groups excluding carboxylic acids is 1. The molecule has 0 aliphatic carbocycles. The van der Waals surface area contributed by atoms with Gasteiger partial charge < -0.3 is 14.9 Å². The van der Waals surface area contributed by atoms with E-state index in [1.807, 2.05) is 44.2 Å². The minimum absolute atomic E-state index is 0.124. The fourth-order valence-electron chi connectivity index (χ4n) is 2.70. The third kappa shape index (κ3) is 2.55. The summed E-state index contributed by atoms with van der Waals surface area (Å²) in [6.45, 7) is 7.46. The van der Waals surface area contributed by atoms with Crippen LogP contribution in [0.15, 0.2) is 24.3 Å². The topological polar surface area (TPSA) is 62.0 Å². The fraction of sp³-hybridized carbons (Fsp3) is 0.235. The predicted octanol–water partition coefficient (Wildman–Crippen LogP) is 3.37. The first-order chi connectivity index (χ1) is 10.3. The predicted molar refractivity (Wildman–Crippen MR) is 92.3 cm³/mol. The van der Waals surface area contributed by atoms with Crippen LogP contribution >= 0.6 is 7.14 Å². The van der Waals surface area contributed by atoms with Gasteiger partial charge in [-0.2, -0.15) is 0 Å². The van der Waals surface area contributed by atoms with Crippen LogP contribution in [0, 0.1) is 13.8 Å². The number of H-pyrrole nitrogens is 1. The number of amides is 1. The molecule has 1 aliphatic rings. The quantitative estimate of drug-likeness (QED) is 0.659. The number of hydrogen-bond donors (Lipinski definition) is 2. The van der Waals surface area contributed by atoms with E-state index in [0.717, 1.165) is 33.5 Å². The number of carbonyl (C=O) groups is 1. The summed E-state index contributed by atoms with van der Waals surface area (Å²) in [6.07, 6.45) is 1.88. The van der Waals surface area contributed by atoms with Crippen LogP contribution in [0.25, 0.3) is 11.6 Å². The lowest BCUT2D eigenvalue weighted by molar-refractivity contribution is -0.110. The van der Waals surface area contributed by atoms with Crippen LogP contribution in [0.4, 0.5) is 5.69 Å². The Hall–Kier alpha value is -2.06. The maximum atomic E-state index is 12.3. The smallest absolute Gasteiger partial charge is 0.256 e. The van der Waals surface area contributed by atoms with E-state index in [4.69, 9.17) is 0 Å². The highest BCUT2D eigenvalue weighted by Gasteiger charge is 2.26. The van der Waals surface area contributed by atoms with E-state index in [1.54, 1.807) is 13.3 Å². The molecule has 0 fully saturated rings. The SMILES string of the molecule is Cc1cc(C)c(/C=C2\C(=O)Nc3cc(P(C)(C)=O)ccc32)[nH]1. The highest BCUT2D eigenvalue weighted by atomic mass is 31.2. The molecule has 0 spiro atoms. The summed E-state index contributed by atoms with van der Waals surface area (Å²) in [5.41, 5.74) is 5.34. The molecule has 1 aromatic heterocycles. The van der Waals surface area contributed by atoms with E-state index in [-0.39, 0.29) is 5.91 Å². The Balaban J connectivity index is 2.09. The van der Waals surface area contributed by atoms with Crippen molar-refractivity contribution in [3.05, 3.63) is 46.8 Å². The molecule has 1 amide bonds. The second kappa shape index (κ2) is 4.99. The van der Waals surface area contributed by atoms with Crippen LogP contribution in [0.5, 0.6) is 0 Å². The molecule has 2 aromatic rings. The fourth-order valence-corrected chi connectivity index (χ4v) is 3.58. The average molecular weight is 314 g/mol. The van der Waals surface area contributed by atoms with E-state index in [9.17, 15) is 9.36 Å². The van der Waals surface area contributed by atoms with Gasteiger partial charge in [0.05, 0.1) is 5.57 Å². The first-order valence-corrected chi connectivity index (χ1v) is 9.75. The van der Waals surface area contributed by atoms with Crippen molar-refractivity contribution in [2.24, 2.45) is 0 Å². The first kappa shape index (κ1) is 14.9. The Labute approximate surface area is 130 Å². The number of fused-ring (bicyclic) bond motifs is 1. The minimum atomic E-state index is -2.34. The molecule has 0 unspecified atom stereocenters. The monoisotopic (exact) mass is 314 g/mol. The number of benzene rings is 1. The van der Waals surface area contributed by atoms with Crippen molar-refractivity contribution in [2.45, 2.75) is 13.8 Å². The lowest BCUT2D eigenvalue weighted by Crippen LogP contribution is -2.06. The van der Waals surface area contributed by atoms with Gasteiger partial charge in [0.1, 0.15) is 7.14 Å². The van der Waals surface area contributed by atoms with Gasteiger partial charge >= 0.3 is 0 Å². The number of rotatable bonds is 2. The molecule has 114 valence electrons. The summed E-state index contributed by atoms with van der Waals surface area (Å²) in [7, 11) is -2.34. The number of anilines is 1. The van der Waals surface area contributed by atoms with Gasteiger partial charge in [-0.3, -0.25) is 4.79 Å². The van der Waals surface area contributed by atoms with E-state index in [0.29, 0.717) is 5.57 Å². The van der Waals surface area contributed by atoms with E-state index < -0.39 is 7.14 Å². The molecule has 22 heavy (non-hydrogen) atoms. The number of aryl methyl sites for hydroxylation is 2. The zero-order valence-electron chi connectivity index (χ0n) is 13.2. The number of hydrogen-bond acceptors (Lipinski definition) is 2. The van der Waals surface area contributed by atoms with Crippen molar-refractivity contribution in [1.29, 1.82) is 0 Å². The van der Waals surface area contributed by atoms with Crippen LogP contribution in [0.1, 0.15) is 22.5 Å². The molecule has 3 rings (SSSR count). The average Bonchev–Trinajstić information content (AvgIpc) is 2.89. The van der Waals surface area contributed by atoms with Crippen molar-refractivity contribution in [2.75, 3.05) is 18.6 Å². The Morgan fingerprint density at radius 1 is 1.14 bits per heavy atom. The zero-order chi connectivity index (χ0) is 16.1. The second-order valence-electron chi connectivity index (χ2n) is 6.14. The Morgan fingerprint density at radius 2 is 1.86 bits per heavy atom. The summed E-state index contributed by atoms with van der Waals surface area (Å²) in [6, 6.07) is 7.59. The third-order valence-corrected chi connectivity index (χ3v) is 5.41. The lowest BCUT2D eigenvalue weighted by atomic mass is 10.1. The van der Waals surface area contributed by atoms with Gasteiger partial charge in [-0.1, -0.05) is 12.1 Å². The molecule has 0 atom stereocenters. The molecule has 4 nitrogen and oxygen atoms in total. The summed E-state index contributed by atoms with van der Waals surface area (Å²) < 4.78 is 12.2. The van der Waals surface area contributed by atoms with Crippen molar-refractivity contribution >= 4 is 35.7 Å². The lowest BCUT2D eigenvalue weighted by Gasteiger charge is -2.08. The van der Waals surface area contributed by atoms with Crippen LogP contribution in [-0.2, 0) is 9.36 Å². The minimum Gasteiger partial charge on any atom is -0.359 e. The molecule has 2 heterocycles. The van der Waals surface area contributed by atoms with Crippen molar-refractivity contribution < 1.29 is 9.36 Å². The highest BCUT2D eigenvalue weighted by Crippen LogP contribution is 2.39. The van der Waals surface area contributed by atoms with Gasteiger partial charge in [-0.05, 0) is 50.9 Å². The summed E-state index contributed by atoms with van der Waals surface area (Å²) in [5, 5.41) is 3.64. The standard InChI is InChI=1S/C17H19N2O2P/c1-10-7-11(2)18-15(10)9-14-13-6-5-12(22(3,4)21)8-16(13)19-17(14)20/h5-9,18H,1-4H3,(H,19,20)/b14-9-. The first-order valence-electron chi connectivity index (χ1n) is 7.15. The molecule has 1 aliphatic heterocycles. The molecular formula is C17H19N2O2P. The largest absolute Gasteiger partial charge is 0.359 e. The number of aromatic amines is 1. The normalized spacial score (nSPS) is 16.0. The van der Waals surface area contributed by atoms with Crippen molar-refractivity contribution in [3.8, 4) is 0 Å². The van der Waals surface area contributed by atoms with Crippen LogP contribution in [0.2, 0.25) is 0 Å². The van der Waals surface area contributed by atoms with Crippen LogP contribution in [0.3, 0.4) is 0 Å². The Kier molecular flexibility index (Phi) is 3.37. The molecule has 0 saturated heterocycles. The Morgan fingerprint density at radius 3 is 2.45 bits per heavy atom. The zero-order valence-corrected chi connectivity index (χ0v) is 14.0.